The summed E-state index contributed by atoms with van der Waals surface area (Å²) < 4.78 is 6.24. The number of carbonyl (C=O) groups is 2. The van der Waals surface area contributed by atoms with E-state index in [9.17, 15) is 9.59 Å². The van der Waals surface area contributed by atoms with Crippen molar-refractivity contribution in [3.63, 3.8) is 0 Å². The molecule has 1 aromatic rings. The highest BCUT2D eigenvalue weighted by Crippen LogP contribution is 2.44. The Balaban J connectivity index is 1.97. The van der Waals surface area contributed by atoms with Gasteiger partial charge < -0.3 is 10.1 Å². The van der Waals surface area contributed by atoms with E-state index in [-0.39, 0.29) is 17.8 Å². The molecule has 2 unspecified atom stereocenters. The second kappa shape index (κ2) is 6.37. The molecule has 3 heterocycles. The van der Waals surface area contributed by atoms with Crippen molar-refractivity contribution < 1.29 is 14.3 Å². The SMILES string of the molecule is CN1C(=O)C2CNCC2(c2cc(Br)cs2)N=C1NC(=O)OC(C)(C)C. The number of carbonyl (C=O) groups excluding carboxylic acids is 2. The molecule has 2 aliphatic rings. The van der Waals surface area contributed by atoms with Gasteiger partial charge in [-0.25, -0.2) is 9.79 Å². The third kappa shape index (κ3) is 3.45. The second-order valence-electron chi connectivity index (χ2n) is 7.20. The smallest absolute Gasteiger partial charge is 0.414 e. The number of thiophene rings is 1. The first kappa shape index (κ1) is 18.3. The molecule has 0 spiro atoms. The predicted molar refractivity (Wildman–Crippen MR) is 99.6 cm³/mol. The Morgan fingerprint density at radius 3 is 2.88 bits per heavy atom. The molecule has 7 nitrogen and oxygen atoms in total. The Hall–Kier alpha value is -1.45. The quantitative estimate of drug-likeness (QED) is 0.718. The molecule has 25 heavy (non-hydrogen) atoms. The molecule has 0 bridgehead atoms. The summed E-state index contributed by atoms with van der Waals surface area (Å²) >= 11 is 5.01. The third-order valence-corrected chi connectivity index (χ3v) is 6.04. The summed E-state index contributed by atoms with van der Waals surface area (Å²) in [5.74, 6) is -0.161. The molecule has 1 fully saturated rings. The lowest BCUT2D eigenvalue weighted by Gasteiger charge is -2.38. The molecule has 2 N–H and O–H groups in total. The average molecular weight is 429 g/mol. The van der Waals surface area contributed by atoms with Crippen molar-refractivity contribution in [1.82, 2.24) is 15.5 Å². The van der Waals surface area contributed by atoms with Crippen molar-refractivity contribution in [1.29, 1.82) is 0 Å². The highest BCUT2D eigenvalue weighted by Gasteiger charge is 2.54. The summed E-state index contributed by atoms with van der Waals surface area (Å²) in [6.07, 6.45) is -0.627. The maximum Gasteiger partial charge on any atom is 0.414 e. The molecule has 1 aromatic heterocycles. The number of halogens is 1. The predicted octanol–water partition coefficient (Wildman–Crippen LogP) is 2.28. The normalized spacial score (nSPS) is 26.3. The van der Waals surface area contributed by atoms with Gasteiger partial charge in [0.1, 0.15) is 11.1 Å². The van der Waals surface area contributed by atoms with Crippen LogP contribution < -0.4 is 10.6 Å². The van der Waals surface area contributed by atoms with E-state index in [0.29, 0.717) is 13.1 Å². The number of aliphatic imine (C=N–C) groups is 1. The van der Waals surface area contributed by atoms with Crippen molar-refractivity contribution in [2.75, 3.05) is 20.1 Å². The fourth-order valence-electron chi connectivity index (χ4n) is 3.07. The molecule has 0 radical (unpaired) electrons. The van der Waals surface area contributed by atoms with Crippen LogP contribution in [-0.4, -0.2) is 48.6 Å². The van der Waals surface area contributed by atoms with Gasteiger partial charge in [0.25, 0.3) is 0 Å². The number of nitrogens with zero attached hydrogens (tertiary/aromatic N) is 2. The number of rotatable bonds is 1. The van der Waals surface area contributed by atoms with Crippen LogP contribution in [0.4, 0.5) is 4.79 Å². The van der Waals surface area contributed by atoms with Crippen molar-refractivity contribution in [2.24, 2.45) is 10.9 Å². The Kier molecular flexibility index (Phi) is 4.67. The number of hydrogen-bond acceptors (Lipinski definition) is 6. The monoisotopic (exact) mass is 428 g/mol. The minimum Gasteiger partial charge on any atom is -0.444 e. The molecule has 0 aromatic carbocycles. The molecule has 2 atom stereocenters. The van der Waals surface area contributed by atoms with Crippen molar-refractivity contribution >= 4 is 45.2 Å². The molecule has 2 aliphatic heterocycles. The summed E-state index contributed by atoms with van der Waals surface area (Å²) in [5.41, 5.74) is -1.33. The standard InChI is InChI=1S/C16H21BrN4O3S/c1-15(2,3)24-14(23)19-13-20-16(11-5-9(17)7-25-11)8-18-6-10(16)12(22)21(13)4/h5,7,10,18H,6,8H2,1-4H3,(H,19,20,23). The molecular weight excluding hydrogens is 408 g/mol. The minimum atomic E-state index is -0.704. The first-order valence-electron chi connectivity index (χ1n) is 7.95. The maximum absolute atomic E-state index is 12.9. The van der Waals surface area contributed by atoms with E-state index in [4.69, 9.17) is 9.73 Å². The van der Waals surface area contributed by atoms with Crippen LogP contribution in [0.15, 0.2) is 20.9 Å². The second-order valence-corrected chi connectivity index (χ2v) is 9.02. The number of hydrogen-bond donors (Lipinski definition) is 2. The van der Waals surface area contributed by atoms with E-state index >= 15 is 0 Å². The summed E-state index contributed by atoms with van der Waals surface area (Å²) in [7, 11) is 1.62. The van der Waals surface area contributed by atoms with Gasteiger partial charge in [0, 0.05) is 34.9 Å². The Morgan fingerprint density at radius 2 is 2.28 bits per heavy atom. The van der Waals surface area contributed by atoms with Crippen molar-refractivity contribution in [3.8, 4) is 0 Å². The number of nitrogens with one attached hydrogen (secondary N) is 2. The van der Waals surface area contributed by atoms with Crippen LogP contribution in [0.25, 0.3) is 0 Å². The van der Waals surface area contributed by atoms with Crippen molar-refractivity contribution in [2.45, 2.75) is 31.9 Å². The fourth-order valence-corrected chi connectivity index (χ4v) is 4.70. The summed E-state index contributed by atoms with van der Waals surface area (Å²) in [6.45, 7) is 6.45. The third-order valence-electron chi connectivity index (χ3n) is 4.18. The van der Waals surface area contributed by atoms with Gasteiger partial charge in [0.05, 0.1) is 5.92 Å². The zero-order valence-electron chi connectivity index (χ0n) is 14.6. The Labute approximate surface area is 158 Å². The van der Waals surface area contributed by atoms with E-state index in [1.807, 2.05) is 11.4 Å². The molecule has 9 heteroatoms. The van der Waals surface area contributed by atoms with E-state index in [1.165, 1.54) is 4.90 Å². The Bertz CT molecular complexity index is 742. The van der Waals surface area contributed by atoms with Gasteiger partial charge in [-0.1, -0.05) is 0 Å². The first-order valence-corrected chi connectivity index (χ1v) is 9.62. The van der Waals surface area contributed by atoms with E-state index < -0.39 is 17.2 Å². The van der Waals surface area contributed by atoms with Crippen LogP contribution in [0.1, 0.15) is 25.6 Å². The minimum absolute atomic E-state index is 0.0735. The molecular formula is C16H21BrN4O3S. The zero-order chi connectivity index (χ0) is 18.4. The van der Waals surface area contributed by atoms with E-state index in [1.54, 1.807) is 39.2 Å². The number of amides is 2. The number of fused-ring (bicyclic) bond motifs is 1. The molecule has 136 valence electrons. The van der Waals surface area contributed by atoms with Gasteiger partial charge in [0.2, 0.25) is 11.9 Å². The summed E-state index contributed by atoms with van der Waals surface area (Å²) in [4.78, 5) is 32.2. The Morgan fingerprint density at radius 1 is 1.56 bits per heavy atom. The first-order chi connectivity index (χ1) is 11.6. The fraction of sp³-hybridized carbons (Fsp3) is 0.562. The van der Waals surface area contributed by atoms with Gasteiger partial charge in [-0.05, 0) is 42.8 Å². The lowest BCUT2D eigenvalue weighted by Crippen LogP contribution is -2.56. The van der Waals surface area contributed by atoms with Crippen LogP contribution in [0, 0.1) is 5.92 Å². The van der Waals surface area contributed by atoms with Crippen LogP contribution in [0.3, 0.4) is 0 Å². The average Bonchev–Trinajstić information content (AvgIpc) is 3.09. The number of ether oxygens (including phenoxy) is 1. The largest absolute Gasteiger partial charge is 0.444 e. The van der Waals surface area contributed by atoms with Crippen LogP contribution in [-0.2, 0) is 15.1 Å². The highest BCUT2D eigenvalue weighted by molar-refractivity contribution is 9.10. The molecule has 3 rings (SSSR count). The van der Waals surface area contributed by atoms with Crippen LogP contribution >= 0.6 is 27.3 Å². The molecule has 2 amide bonds. The molecule has 0 aliphatic carbocycles. The number of alkyl carbamates (subject to hydrolysis) is 1. The maximum atomic E-state index is 12.9. The lowest BCUT2D eigenvalue weighted by atomic mass is 9.84. The van der Waals surface area contributed by atoms with Gasteiger partial charge in [-0.3, -0.25) is 15.0 Å². The van der Waals surface area contributed by atoms with Crippen LogP contribution in [0.5, 0.6) is 0 Å². The molecule has 0 saturated carbocycles. The van der Waals surface area contributed by atoms with E-state index in [0.717, 1.165) is 9.35 Å². The number of guanidine groups is 1. The zero-order valence-corrected chi connectivity index (χ0v) is 17.0. The highest BCUT2D eigenvalue weighted by atomic mass is 79.9. The van der Waals surface area contributed by atoms with Gasteiger partial charge in [0.15, 0.2) is 0 Å². The van der Waals surface area contributed by atoms with E-state index in [2.05, 4.69) is 26.6 Å². The summed E-state index contributed by atoms with van der Waals surface area (Å²) in [5, 5.41) is 7.87. The van der Waals surface area contributed by atoms with Gasteiger partial charge in [-0.2, -0.15) is 0 Å². The molecule has 1 saturated heterocycles. The lowest BCUT2D eigenvalue weighted by molar-refractivity contribution is -0.132. The summed E-state index contributed by atoms with van der Waals surface area (Å²) in [6, 6.07) is 1.98. The van der Waals surface area contributed by atoms with Gasteiger partial charge in [-0.15, -0.1) is 11.3 Å². The van der Waals surface area contributed by atoms with Crippen molar-refractivity contribution in [3.05, 3.63) is 20.8 Å². The van der Waals surface area contributed by atoms with Crippen LogP contribution in [0.2, 0.25) is 0 Å². The topological polar surface area (TPSA) is 83.0 Å². The van der Waals surface area contributed by atoms with Gasteiger partial charge >= 0.3 is 6.09 Å².